The van der Waals surface area contributed by atoms with Crippen molar-refractivity contribution in [1.29, 1.82) is 0 Å². The number of anilines is 1. The second-order valence-corrected chi connectivity index (χ2v) is 7.19. The third-order valence-corrected chi connectivity index (χ3v) is 4.35. The molecular weight excluding hydrogens is 250 g/mol. The minimum absolute atomic E-state index is 0.224. The Morgan fingerprint density at radius 1 is 1.33 bits per heavy atom. The van der Waals surface area contributed by atoms with Gasteiger partial charge in [-0.25, -0.2) is 8.42 Å². The van der Waals surface area contributed by atoms with E-state index in [1.807, 2.05) is 0 Å². The second kappa shape index (κ2) is 5.42. The van der Waals surface area contributed by atoms with Crippen LogP contribution >= 0.6 is 0 Å². The van der Waals surface area contributed by atoms with Gasteiger partial charge in [-0.2, -0.15) is 0 Å². The van der Waals surface area contributed by atoms with Crippen molar-refractivity contribution in [3.05, 3.63) is 29.8 Å². The van der Waals surface area contributed by atoms with Crippen molar-refractivity contribution < 1.29 is 13.5 Å². The van der Waals surface area contributed by atoms with Gasteiger partial charge in [0, 0.05) is 11.3 Å². The fourth-order valence-corrected chi connectivity index (χ4v) is 1.85. The van der Waals surface area contributed by atoms with E-state index in [4.69, 9.17) is 5.11 Å². The molecule has 0 aliphatic heterocycles. The second-order valence-electron chi connectivity index (χ2n) is 4.76. The molecule has 5 heteroatoms. The van der Waals surface area contributed by atoms with Crippen molar-refractivity contribution in [2.45, 2.75) is 25.5 Å². The van der Waals surface area contributed by atoms with Gasteiger partial charge in [0.05, 0.1) is 4.75 Å². The molecule has 2 N–H and O–H groups in total. The van der Waals surface area contributed by atoms with Crippen LogP contribution in [-0.2, 0) is 10.0 Å². The predicted molar refractivity (Wildman–Crippen MR) is 72.7 cm³/mol. The molecule has 0 amide bonds. The summed E-state index contributed by atoms with van der Waals surface area (Å²) in [4.78, 5) is 0. The summed E-state index contributed by atoms with van der Waals surface area (Å²) in [6.45, 7) is 4.66. The lowest BCUT2D eigenvalue weighted by atomic mass is 10.2. The van der Waals surface area contributed by atoms with Crippen molar-refractivity contribution >= 4 is 15.7 Å². The quantitative estimate of drug-likeness (QED) is 0.799. The zero-order chi connectivity index (χ0) is 13.8. The zero-order valence-electron chi connectivity index (χ0n) is 10.7. The van der Waals surface area contributed by atoms with Crippen LogP contribution in [0.5, 0.6) is 0 Å². The monoisotopic (exact) mass is 267 g/mol. The van der Waals surface area contributed by atoms with Crippen molar-refractivity contribution in [2.75, 3.05) is 11.3 Å². The third-order valence-electron chi connectivity index (χ3n) is 2.23. The molecule has 1 aromatic carbocycles. The number of rotatable bonds is 2. The molecular formula is C13H17NO3S. The normalized spacial score (nSPS) is 11.6. The maximum Gasteiger partial charge on any atom is 0.237 e. The lowest BCUT2D eigenvalue weighted by Gasteiger charge is -2.20. The lowest BCUT2D eigenvalue weighted by molar-refractivity contribution is 0.350. The highest BCUT2D eigenvalue weighted by Crippen LogP contribution is 2.19. The molecule has 98 valence electrons. The fourth-order valence-electron chi connectivity index (χ4n) is 1.11. The Morgan fingerprint density at radius 2 is 2.00 bits per heavy atom. The highest BCUT2D eigenvalue weighted by Gasteiger charge is 2.28. The van der Waals surface area contributed by atoms with E-state index in [9.17, 15) is 8.42 Å². The van der Waals surface area contributed by atoms with Gasteiger partial charge < -0.3 is 5.11 Å². The number of aliphatic hydroxyl groups excluding tert-OH is 1. The summed E-state index contributed by atoms with van der Waals surface area (Å²) in [5.74, 6) is 5.24. The van der Waals surface area contributed by atoms with Crippen molar-refractivity contribution in [3.8, 4) is 11.8 Å². The molecule has 0 atom stereocenters. The van der Waals surface area contributed by atoms with E-state index in [2.05, 4.69) is 16.6 Å². The lowest BCUT2D eigenvalue weighted by Crippen LogP contribution is -2.33. The molecule has 0 aliphatic carbocycles. The molecule has 18 heavy (non-hydrogen) atoms. The van der Waals surface area contributed by atoms with E-state index in [1.54, 1.807) is 45.0 Å². The van der Waals surface area contributed by atoms with Crippen molar-refractivity contribution in [2.24, 2.45) is 0 Å². The van der Waals surface area contributed by atoms with Crippen LogP contribution < -0.4 is 4.72 Å². The van der Waals surface area contributed by atoms with Crippen molar-refractivity contribution in [3.63, 3.8) is 0 Å². The molecule has 0 heterocycles. The van der Waals surface area contributed by atoms with E-state index in [0.29, 0.717) is 11.3 Å². The first kappa shape index (κ1) is 14.6. The number of sulfonamides is 1. The van der Waals surface area contributed by atoms with Crippen LogP contribution in [0.15, 0.2) is 24.3 Å². The van der Waals surface area contributed by atoms with E-state index in [0.717, 1.165) is 0 Å². The Labute approximate surface area is 108 Å². The van der Waals surface area contributed by atoms with Crippen LogP contribution in [0.4, 0.5) is 5.69 Å². The molecule has 4 nitrogen and oxygen atoms in total. The number of aliphatic hydroxyl groups is 1. The Balaban J connectivity index is 3.00. The van der Waals surface area contributed by atoms with Gasteiger partial charge in [0.15, 0.2) is 0 Å². The number of hydrogen-bond acceptors (Lipinski definition) is 3. The summed E-state index contributed by atoms with van der Waals surface area (Å²) < 4.78 is 25.6. The molecule has 0 aliphatic rings. The van der Waals surface area contributed by atoms with Crippen LogP contribution in [0.25, 0.3) is 0 Å². The first-order valence-electron chi connectivity index (χ1n) is 5.48. The van der Waals surface area contributed by atoms with Crippen molar-refractivity contribution in [1.82, 2.24) is 0 Å². The van der Waals surface area contributed by atoms with Crippen LogP contribution in [0.1, 0.15) is 26.3 Å². The summed E-state index contributed by atoms with van der Waals surface area (Å²) in [5, 5.41) is 8.60. The summed E-state index contributed by atoms with van der Waals surface area (Å²) in [5.41, 5.74) is 1.12. The smallest absolute Gasteiger partial charge is 0.237 e. The van der Waals surface area contributed by atoms with Gasteiger partial charge >= 0.3 is 0 Å². The first-order valence-corrected chi connectivity index (χ1v) is 6.97. The summed E-state index contributed by atoms with van der Waals surface area (Å²) >= 11 is 0. The molecule has 0 unspecified atom stereocenters. The Hall–Kier alpha value is -1.51. The van der Waals surface area contributed by atoms with Gasteiger partial charge in [0.25, 0.3) is 0 Å². The zero-order valence-corrected chi connectivity index (χ0v) is 11.5. The Bertz CT molecular complexity index is 574. The fraction of sp³-hybridized carbons (Fsp3) is 0.385. The van der Waals surface area contributed by atoms with Crippen LogP contribution in [0.2, 0.25) is 0 Å². The van der Waals surface area contributed by atoms with Gasteiger partial charge in [-0.05, 0) is 39.0 Å². The molecule has 1 aromatic rings. The summed E-state index contributed by atoms with van der Waals surface area (Å²) in [6.07, 6.45) is 0. The molecule has 0 fully saturated rings. The van der Waals surface area contributed by atoms with E-state index >= 15 is 0 Å². The molecule has 0 saturated heterocycles. The minimum atomic E-state index is -3.44. The summed E-state index contributed by atoms with van der Waals surface area (Å²) in [6, 6.07) is 6.75. The molecule has 1 rings (SSSR count). The summed E-state index contributed by atoms with van der Waals surface area (Å²) in [7, 11) is -3.44. The molecule has 0 bridgehead atoms. The maximum atomic E-state index is 12.0. The average molecular weight is 267 g/mol. The standard InChI is InChI=1S/C13H17NO3S/c1-13(2,3)18(16,17)14-12-8-4-6-11(10-12)7-5-9-15/h4,6,8,10,14-15H,9H2,1-3H3. The van der Waals surface area contributed by atoms with E-state index < -0.39 is 14.8 Å². The van der Waals surface area contributed by atoms with Crippen LogP contribution in [0, 0.1) is 11.8 Å². The Kier molecular flexibility index (Phi) is 4.38. The molecule has 0 radical (unpaired) electrons. The van der Waals surface area contributed by atoms with Gasteiger partial charge in [-0.3, -0.25) is 4.72 Å². The molecule has 0 spiro atoms. The van der Waals surface area contributed by atoms with Gasteiger partial charge in [0.1, 0.15) is 6.61 Å². The van der Waals surface area contributed by atoms with Crippen LogP contribution in [0.3, 0.4) is 0 Å². The van der Waals surface area contributed by atoms with Gasteiger partial charge in [0.2, 0.25) is 10.0 Å². The number of hydrogen-bond donors (Lipinski definition) is 2. The highest BCUT2D eigenvalue weighted by molar-refractivity contribution is 7.94. The minimum Gasteiger partial charge on any atom is -0.384 e. The predicted octanol–water partition coefficient (Wildman–Crippen LogP) is 1.57. The maximum absolute atomic E-state index is 12.0. The topological polar surface area (TPSA) is 66.4 Å². The number of benzene rings is 1. The van der Waals surface area contributed by atoms with E-state index in [1.165, 1.54) is 0 Å². The van der Waals surface area contributed by atoms with E-state index in [-0.39, 0.29) is 6.61 Å². The SMILES string of the molecule is CC(C)(C)S(=O)(=O)Nc1cccc(C#CCO)c1. The van der Waals surface area contributed by atoms with Gasteiger partial charge in [-0.1, -0.05) is 17.9 Å². The molecule has 0 aromatic heterocycles. The largest absolute Gasteiger partial charge is 0.384 e. The number of nitrogens with one attached hydrogen (secondary N) is 1. The first-order chi connectivity index (χ1) is 8.26. The molecule has 0 saturated carbocycles. The Morgan fingerprint density at radius 3 is 2.56 bits per heavy atom. The van der Waals surface area contributed by atoms with Gasteiger partial charge in [-0.15, -0.1) is 0 Å². The third kappa shape index (κ3) is 3.76. The average Bonchev–Trinajstić information content (AvgIpc) is 2.24. The van der Waals surface area contributed by atoms with Crippen LogP contribution in [-0.4, -0.2) is 24.9 Å². The highest BCUT2D eigenvalue weighted by atomic mass is 32.2.